The molecule has 1 aliphatic rings. The van der Waals surface area contributed by atoms with Crippen LogP contribution in [0, 0.1) is 5.92 Å². The van der Waals surface area contributed by atoms with E-state index in [1.807, 2.05) is 24.3 Å². The molecule has 25 heavy (non-hydrogen) atoms. The molecule has 0 saturated heterocycles. The van der Waals surface area contributed by atoms with Crippen molar-refractivity contribution in [3.05, 3.63) is 54.1 Å². The van der Waals surface area contributed by atoms with Crippen molar-refractivity contribution in [1.29, 1.82) is 0 Å². The van der Waals surface area contributed by atoms with Crippen LogP contribution in [-0.4, -0.2) is 23.5 Å². The molecule has 6 nitrogen and oxygen atoms in total. The van der Waals surface area contributed by atoms with E-state index in [1.165, 1.54) is 6.07 Å². The Balaban J connectivity index is 1.46. The number of para-hydroxylation sites is 2. The number of ether oxygens (including phenoxy) is 1. The van der Waals surface area contributed by atoms with E-state index in [-0.39, 0.29) is 35.8 Å². The number of hydrogen-bond acceptors (Lipinski definition) is 4. The number of carbonyl (C=O) groups is 2. The first-order valence-corrected chi connectivity index (χ1v) is 8.19. The van der Waals surface area contributed by atoms with E-state index in [2.05, 4.69) is 10.6 Å². The van der Waals surface area contributed by atoms with E-state index in [9.17, 15) is 14.7 Å². The summed E-state index contributed by atoms with van der Waals surface area (Å²) in [7, 11) is 0. The third-order valence-corrected chi connectivity index (χ3v) is 3.86. The standard InChI is InChI=1S/C19H20N2O4/c22-16-6-1-2-7-17(16)25-12-18(23)20-11-13-4-3-5-15(10-13)21-19(24)14-8-9-14/h1-7,10,14,22H,8-9,11-12H2,(H,20,23)(H,21,24). The van der Waals surface area contributed by atoms with Crippen molar-refractivity contribution < 1.29 is 19.4 Å². The molecule has 0 radical (unpaired) electrons. The third-order valence-electron chi connectivity index (χ3n) is 3.86. The van der Waals surface area contributed by atoms with Gasteiger partial charge in [-0.2, -0.15) is 0 Å². The summed E-state index contributed by atoms with van der Waals surface area (Å²) >= 11 is 0. The first-order valence-electron chi connectivity index (χ1n) is 8.19. The number of rotatable bonds is 7. The highest BCUT2D eigenvalue weighted by atomic mass is 16.5. The summed E-state index contributed by atoms with van der Waals surface area (Å²) < 4.78 is 5.28. The average Bonchev–Trinajstić information content (AvgIpc) is 3.45. The predicted octanol–water partition coefficient (Wildman–Crippen LogP) is 2.44. The summed E-state index contributed by atoms with van der Waals surface area (Å²) in [6.07, 6.45) is 1.91. The predicted molar refractivity (Wildman–Crippen MR) is 93.2 cm³/mol. The van der Waals surface area contributed by atoms with Gasteiger partial charge in [-0.05, 0) is 42.7 Å². The molecule has 0 bridgehead atoms. The SMILES string of the molecule is O=C(COc1ccccc1O)NCc1cccc(NC(=O)C2CC2)c1. The van der Waals surface area contributed by atoms with Crippen molar-refractivity contribution >= 4 is 17.5 Å². The summed E-state index contributed by atoms with van der Waals surface area (Å²) in [5.74, 6) is 0.166. The molecule has 3 N–H and O–H groups in total. The maximum absolute atomic E-state index is 11.9. The van der Waals surface area contributed by atoms with Crippen LogP contribution in [0.3, 0.4) is 0 Å². The molecular formula is C19H20N2O4. The Hall–Kier alpha value is -3.02. The van der Waals surface area contributed by atoms with Gasteiger partial charge in [-0.15, -0.1) is 0 Å². The van der Waals surface area contributed by atoms with E-state index in [0.29, 0.717) is 6.54 Å². The van der Waals surface area contributed by atoms with Gasteiger partial charge in [0.15, 0.2) is 18.1 Å². The van der Waals surface area contributed by atoms with Gasteiger partial charge in [0, 0.05) is 18.2 Å². The maximum atomic E-state index is 11.9. The van der Waals surface area contributed by atoms with Crippen molar-refractivity contribution in [1.82, 2.24) is 5.32 Å². The molecule has 0 unspecified atom stereocenters. The Morgan fingerprint density at radius 1 is 1.12 bits per heavy atom. The second kappa shape index (κ2) is 7.70. The number of carbonyl (C=O) groups excluding carboxylic acids is 2. The monoisotopic (exact) mass is 340 g/mol. The zero-order chi connectivity index (χ0) is 17.6. The summed E-state index contributed by atoms with van der Waals surface area (Å²) in [6, 6.07) is 13.9. The normalized spacial score (nSPS) is 13.1. The molecule has 6 heteroatoms. The number of amides is 2. The van der Waals surface area contributed by atoms with Crippen LogP contribution in [0.2, 0.25) is 0 Å². The fourth-order valence-corrected chi connectivity index (χ4v) is 2.32. The van der Waals surface area contributed by atoms with Crippen LogP contribution < -0.4 is 15.4 Å². The minimum absolute atomic E-state index is 0.00518. The first-order chi connectivity index (χ1) is 12.1. The van der Waals surface area contributed by atoms with Gasteiger partial charge in [0.25, 0.3) is 5.91 Å². The number of nitrogens with one attached hydrogen (secondary N) is 2. The van der Waals surface area contributed by atoms with Crippen molar-refractivity contribution in [2.45, 2.75) is 19.4 Å². The highest BCUT2D eigenvalue weighted by molar-refractivity contribution is 5.94. The van der Waals surface area contributed by atoms with Gasteiger partial charge in [0.05, 0.1) is 0 Å². The Kier molecular flexibility index (Phi) is 5.18. The van der Waals surface area contributed by atoms with Gasteiger partial charge in [-0.25, -0.2) is 0 Å². The van der Waals surface area contributed by atoms with E-state index >= 15 is 0 Å². The van der Waals surface area contributed by atoms with E-state index < -0.39 is 0 Å². The molecule has 0 spiro atoms. The molecule has 0 aliphatic heterocycles. The van der Waals surface area contributed by atoms with Crippen molar-refractivity contribution in [3.63, 3.8) is 0 Å². The van der Waals surface area contributed by atoms with Crippen LogP contribution in [0.1, 0.15) is 18.4 Å². The molecule has 1 fully saturated rings. The molecular weight excluding hydrogens is 320 g/mol. The van der Waals surface area contributed by atoms with Gasteiger partial charge in [-0.3, -0.25) is 9.59 Å². The first kappa shape index (κ1) is 16.8. The van der Waals surface area contributed by atoms with Crippen LogP contribution in [0.15, 0.2) is 48.5 Å². The summed E-state index contributed by atoms with van der Waals surface area (Å²) in [5, 5.41) is 15.2. The second-order valence-corrected chi connectivity index (χ2v) is 6.00. The molecule has 3 rings (SSSR count). The third kappa shape index (κ3) is 4.97. The van der Waals surface area contributed by atoms with E-state index in [0.717, 1.165) is 24.1 Å². The van der Waals surface area contributed by atoms with Crippen LogP contribution in [0.25, 0.3) is 0 Å². The number of benzene rings is 2. The van der Waals surface area contributed by atoms with Gasteiger partial charge in [0.1, 0.15) is 0 Å². The molecule has 0 heterocycles. The van der Waals surface area contributed by atoms with Crippen molar-refractivity contribution in [3.8, 4) is 11.5 Å². The van der Waals surface area contributed by atoms with Crippen LogP contribution in [0.4, 0.5) is 5.69 Å². The quantitative estimate of drug-likeness (QED) is 0.722. The summed E-state index contributed by atoms with van der Waals surface area (Å²) in [5.41, 5.74) is 1.61. The van der Waals surface area contributed by atoms with Crippen LogP contribution in [0.5, 0.6) is 11.5 Å². The summed E-state index contributed by atoms with van der Waals surface area (Å²) in [6.45, 7) is 0.145. The molecule has 0 aromatic heterocycles. The topological polar surface area (TPSA) is 87.7 Å². The molecule has 130 valence electrons. The molecule has 2 aromatic carbocycles. The molecule has 1 saturated carbocycles. The Labute approximate surface area is 145 Å². The van der Waals surface area contributed by atoms with Crippen molar-refractivity contribution in [2.24, 2.45) is 5.92 Å². The largest absolute Gasteiger partial charge is 0.504 e. The second-order valence-electron chi connectivity index (χ2n) is 6.00. The molecule has 2 aromatic rings. The van der Waals surface area contributed by atoms with E-state index in [1.54, 1.807) is 18.2 Å². The van der Waals surface area contributed by atoms with Gasteiger partial charge in [0.2, 0.25) is 5.91 Å². The van der Waals surface area contributed by atoms with Crippen LogP contribution >= 0.6 is 0 Å². The average molecular weight is 340 g/mol. The lowest BCUT2D eigenvalue weighted by Crippen LogP contribution is -2.28. The number of phenolic OH excluding ortho intramolecular Hbond substituents is 1. The Morgan fingerprint density at radius 2 is 1.92 bits per heavy atom. The maximum Gasteiger partial charge on any atom is 0.258 e. The van der Waals surface area contributed by atoms with Crippen LogP contribution in [-0.2, 0) is 16.1 Å². The highest BCUT2D eigenvalue weighted by Gasteiger charge is 2.29. The highest BCUT2D eigenvalue weighted by Crippen LogP contribution is 2.30. The number of phenols is 1. The lowest BCUT2D eigenvalue weighted by atomic mass is 10.2. The lowest BCUT2D eigenvalue weighted by Gasteiger charge is -2.10. The lowest BCUT2D eigenvalue weighted by molar-refractivity contribution is -0.123. The fourth-order valence-electron chi connectivity index (χ4n) is 2.32. The Morgan fingerprint density at radius 3 is 2.68 bits per heavy atom. The zero-order valence-corrected chi connectivity index (χ0v) is 13.7. The minimum atomic E-state index is -0.296. The number of hydrogen-bond donors (Lipinski definition) is 3. The molecule has 0 atom stereocenters. The number of aromatic hydroxyl groups is 1. The van der Waals surface area contributed by atoms with Gasteiger partial charge in [-0.1, -0.05) is 24.3 Å². The van der Waals surface area contributed by atoms with Crippen molar-refractivity contribution in [2.75, 3.05) is 11.9 Å². The fraction of sp³-hybridized carbons (Fsp3) is 0.263. The smallest absolute Gasteiger partial charge is 0.258 e. The molecule has 1 aliphatic carbocycles. The number of anilines is 1. The minimum Gasteiger partial charge on any atom is -0.504 e. The summed E-state index contributed by atoms with van der Waals surface area (Å²) in [4.78, 5) is 23.7. The molecule has 2 amide bonds. The Bertz CT molecular complexity index is 772. The van der Waals surface area contributed by atoms with Gasteiger partial charge >= 0.3 is 0 Å². The van der Waals surface area contributed by atoms with Gasteiger partial charge < -0.3 is 20.5 Å². The van der Waals surface area contributed by atoms with E-state index in [4.69, 9.17) is 4.74 Å². The zero-order valence-electron chi connectivity index (χ0n) is 13.7.